The highest BCUT2D eigenvalue weighted by atomic mass is 16.5. The van der Waals surface area contributed by atoms with Crippen LogP contribution >= 0.6 is 0 Å². The fourth-order valence-electron chi connectivity index (χ4n) is 12.9. The summed E-state index contributed by atoms with van der Waals surface area (Å²) >= 11 is 0. The van der Waals surface area contributed by atoms with Gasteiger partial charge in [0.25, 0.3) is 11.8 Å². The van der Waals surface area contributed by atoms with Crippen LogP contribution in [0.1, 0.15) is 157 Å². The molecule has 6 aromatic carbocycles. The van der Waals surface area contributed by atoms with Crippen molar-refractivity contribution in [1.29, 1.82) is 0 Å². The lowest BCUT2D eigenvalue weighted by Gasteiger charge is -2.25. The van der Waals surface area contributed by atoms with Crippen molar-refractivity contribution >= 4 is 74.7 Å². The van der Waals surface area contributed by atoms with E-state index in [9.17, 15) is 19.2 Å². The van der Waals surface area contributed by atoms with Crippen LogP contribution in [-0.2, 0) is 48.2 Å². The first kappa shape index (κ1) is 68.7. The lowest BCUT2D eigenvalue weighted by atomic mass is 9.81. The van der Waals surface area contributed by atoms with E-state index in [1.807, 2.05) is 81.4 Å². The number of ketones is 1. The number of nitrogen functional groups attached to an aromatic ring is 3. The molecule has 0 bridgehead atoms. The molecule has 2 fully saturated rings. The van der Waals surface area contributed by atoms with E-state index in [4.69, 9.17) is 60.1 Å². The predicted octanol–water partition coefficient (Wildman–Crippen LogP) is 12.3. The number of Topliss-reactive ketones (excluding diaryl/α,β-unsaturated/α-hetero) is 1. The fourth-order valence-corrected chi connectivity index (χ4v) is 12.9. The number of nitrogens with two attached hydrogens (primary N) is 3. The van der Waals surface area contributed by atoms with Gasteiger partial charge in [-0.25, -0.2) is 4.79 Å². The highest BCUT2D eigenvalue weighted by molar-refractivity contribution is 6.05. The second-order valence-electron chi connectivity index (χ2n) is 24.4. The average molecular weight is 1270 g/mol. The Kier molecular flexibility index (Phi) is 23.1. The minimum Gasteiger partial charge on any atom is -0.497 e. The van der Waals surface area contributed by atoms with Crippen molar-refractivity contribution in [1.82, 2.24) is 19.8 Å². The Bertz CT molecular complexity index is 4090. The largest absolute Gasteiger partial charge is 0.497 e. The first-order chi connectivity index (χ1) is 44.7. The third-order valence-electron chi connectivity index (χ3n) is 17.5. The van der Waals surface area contributed by atoms with Crippen LogP contribution in [0.25, 0.3) is 44.3 Å². The molecule has 2 saturated carbocycles. The van der Waals surface area contributed by atoms with Gasteiger partial charge in [-0.2, -0.15) is 19.2 Å². The van der Waals surface area contributed by atoms with E-state index < -0.39 is 11.5 Å². The number of benzene rings is 6. The number of hydrogen-bond donors (Lipinski definition) is 5. The minimum absolute atomic E-state index is 0.0216. The number of methoxy groups -OCH3 is 3. The normalized spacial score (nSPS) is 14.0. The molecule has 2 amide bonds. The SMILES string of the molecule is COC(=O)c1ccc(N)c(CC(=O)C(C)(C)NC(=O)c2ccc3c(C4CCCCC4)c4n(c3c2)CCOc2cc(OC)ccc2-4)c1.COc1ccc2c(c1)OCCn1c-2c(C2CCCCC2)c2ccc(C(=O)NC(C)C)cc21.Cc1ccc(N)c(N)c1.O=C=O.O=C=O. The molecule has 0 atom stereocenters. The number of esters is 1. The first-order valence-electron chi connectivity index (χ1n) is 31.4. The van der Waals surface area contributed by atoms with Crippen LogP contribution in [0.15, 0.2) is 109 Å². The summed E-state index contributed by atoms with van der Waals surface area (Å²) in [6, 6.07) is 34.6. The second-order valence-corrected chi connectivity index (χ2v) is 24.4. The summed E-state index contributed by atoms with van der Waals surface area (Å²) < 4.78 is 32.8. The second kappa shape index (κ2) is 31.2. The molecule has 2 aromatic heterocycles. The van der Waals surface area contributed by atoms with Gasteiger partial charge in [0.15, 0.2) is 5.78 Å². The number of nitrogens with one attached hydrogen (secondary N) is 2. The maximum absolute atomic E-state index is 13.7. The molecular formula is C73H83N7O13. The topological polar surface area (TPSA) is 295 Å². The molecule has 20 nitrogen and oxygen atoms in total. The van der Waals surface area contributed by atoms with E-state index in [1.54, 1.807) is 46.3 Å². The molecule has 488 valence electrons. The van der Waals surface area contributed by atoms with E-state index >= 15 is 0 Å². The number of amides is 2. The molecule has 4 aliphatic rings. The molecule has 20 heteroatoms. The smallest absolute Gasteiger partial charge is 0.373 e. The van der Waals surface area contributed by atoms with Gasteiger partial charge in [0.2, 0.25) is 0 Å². The van der Waals surface area contributed by atoms with E-state index in [-0.39, 0.29) is 42.4 Å². The van der Waals surface area contributed by atoms with E-state index in [0.29, 0.717) is 70.9 Å². The highest BCUT2D eigenvalue weighted by Crippen LogP contribution is 2.50. The number of rotatable bonds is 12. The Hall–Kier alpha value is -10.2. The summed E-state index contributed by atoms with van der Waals surface area (Å²) in [4.78, 5) is 84.5. The van der Waals surface area contributed by atoms with Crippen LogP contribution < -0.4 is 46.8 Å². The lowest BCUT2D eigenvalue weighted by Crippen LogP contribution is -2.50. The molecule has 12 rings (SSSR count). The van der Waals surface area contributed by atoms with Gasteiger partial charge in [-0.15, -0.1) is 0 Å². The fraction of sp³-hybridized carbons (Fsp3) is 0.370. The molecule has 4 heterocycles. The number of aryl methyl sites for hydroxylation is 1. The number of nitrogens with zero attached hydrogens (tertiary/aromatic N) is 2. The summed E-state index contributed by atoms with van der Waals surface area (Å²) in [5, 5.41) is 8.40. The van der Waals surface area contributed by atoms with Gasteiger partial charge >= 0.3 is 18.3 Å². The van der Waals surface area contributed by atoms with Crippen molar-refractivity contribution in [2.45, 2.75) is 142 Å². The summed E-state index contributed by atoms with van der Waals surface area (Å²) in [5.41, 5.74) is 30.1. The predicted molar refractivity (Wildman–Crippen MR) is 356 cm³/mol. The van der Waals surface area contributed by atoms with E-state index in [1.165, 1.54) is 80.7 Å². The Morgan fingerprint density at radius 1 is 0.581 bits per heavy atom. The maximum atomic E-state index is 13.7. The summed E-state index contributed by atoms with van der Waals surface area (Å²) in [7, 11) is 4.64. The third kappa shape index (κ3) is 16.0. The molecule has 2 aliphatic heterocycles. The zero-order valence-electron chi connectivity index (χ0n) is 54.2. The van der Waals surface area contributed by atoms with Crippen molar-refractivity contribution in [3.05, 3.63) is 148 Å². The standard InChI is InChI=1S/C37H41N3O6.C27H32N2O3.C7H10N2.2CO2/c1-37(2,32(41)20-25-18-24(36(43)45-4)11-15-29(25)38)39-35(42)23-10-13-27-30(19-23)40-16-17-46-31-21-26(44-3)12-14-28(31)34(40)33(27)22-8-6-5-7-9-22;1-17(2)28-27(30)19-9-11-21-23(15-19)29-13-14-32-24-16-20(31-3)10-12-22(24)26(29)25(21)18-7-5-4-6-8-18;1-5-2-3-6(8)7(9)4-5;2*2-1-3/h10-15,18-19,21-22H,5-9,16-17,20,38H2,1-4H3,(H,39,42);9-12,15-18H,4-8,13-14H2,1-3H3,(H,28,30);2-4H,8-9H2,1H3;;. The Balaban J connectivity index is 0.000000203. The molecule has 0 radical (unpaired) electrons. The van der Waals surface area contributed by atoms with Gasteiger partial charge in [0.1, 0.15) is 36.2 Å². The lowest BCUT2D eigenvalue weighted by molar-refractivity contribution is -0.193. The first-order valence-corrected chi connectivity index (χ1v) is 31.4. The third-order valence-corrected chi connectivity index (χ3v) is 17.5. The Labute approximate surface area is 541 Å². The average Bonchev–Trinajstić information content (AvgIpc) is 1.59. The van der Waals surface area contributed by atoms with Crippen LogP contribution in [0.2, 0.25) is 0 Å². The Morgan fingerprint density at radius 2 is 1.04 bits per heavy atom. The number of hydrogen-bond acceptors (Lipinski definition) is 16. The molecule has 2 aliphatic carbocycles. The summed E-state index contributed by atoms with van der Waals surface area (Å²) in [6.45, 7) is 11.8. The molecular weight excluding hydrogens is 1180 g/mol. The summed E-state index contributed by atoms with van der Waals surface area (Å²) in [6.07, 6.45) is 12.7. The van der Waals surface area contributed by atoms with Crippen molar-refractivity contribution in [2.24, 2.45) is 0 Å². The number of carbonyl (C=O) groups is 4. The number of aromatic nitrogens is 2. The van der Waals surface area contributed by atoms with Crippen LogP contribution in [0.3, 0.4) is 0 Å². The number of fused-ring (bicyclic) bond motifs is 10. The molecule has 8 aromatic rings. The van der Waals surface area contributed by atoms with Gasteiger partial charge in [0.05, 0.1) is 68.3 Å². The van der Waals surface area contributed by atoms with Gasteiger partial charge in [0, 0.05) is 74.3 Å². The Morgan fingerprint density at radius 3 is 1.48 bits per heavy atom. The van der Waals surface area contributed by atoms with Crippen LogP contribution in [0.4, 0.5) is 17.1 Å². The monoisotopic (exact) mass is 1270 g/mol. The highest BCUT2D eigenvalue weighted by Gasteiger charge is 2.34. The quantitative estimate of drug-likeness (QED) is 0.0561. The van der Waals surface area contributed by atoms with Gasteiger partial charge < -0.3 is 60.7 Å². The van der Waals surface area contributed by atoms with Crippen LogP contribution in [-0.4, -0.2) is 91.1 Å². The molecule has 93 heavy (non-hydrogen) atoms. The van der Waals surface area contributed by atoms with E-state index in [0.717, 1.165) is 81.2 Å². The van der Waals surface area contributed by atoms with Gasteiger partial charge in [-0.05, 0) is 173 Å². The van der Waals surface area contributed by atoms with Crippen LogP contribution in [0, 0.1) is 6.92 Å². The number of ether oxygens (including phenoxy) is 5. The van der Waals surface area contributed by atoms with Gasteiger partial charge in [-0.3, -0.25) is 14.4 Å². The number of carbonyl (C=O) groups excluding carboxylic acids is 8. The molecule has 0 unspecified atom stereocenters. The maximum Gasteiger partial charge on any atom is 0.373 e. The van der Waals surface area contributed by atoms with Crippen molar-refractivity contribution < 1.29 is 62.0 Å². The zero-order valence-corrected chi connectivity index (χ0v) is 54.2. The van der Waals surface area contributed by atoms with Crippen LogP contribution in [0.5, 0.6) is 23.0 Å². The van der Waals surface area contributed by atoms with Gasteiger partial charge in [-0.1, -0.05) is 56.7 Å². The molecule has 8 N–H and O–H groups in total. The van der Waals surface area contributed by atoms with Crippen molar-refractivity contribution in [3.63, 3.8) is 0 Å². The van der Waals surface area contributed by atoms with Crippen molar-refractivity contribution in [3.8, 4) is 45.5 Å². The zero-order chi connectivity index (χ0) is 67.1. The van der Waals surface area contributed by atoms with Crippen molar-refractivity contribution in [2.75, 3.05) is 51.7 Å². The number of anilines is 3. The molecule has 0 spiro atoms. The minimum atomic E-state index is -1.20. The van der Waals surface area contributed by atoms with E-state index in [2.05, 4.69) is 50.1 Å². The summed E-state index contributed by atoms with van der Waals surface area (Å²) in [5.74, 6) is 3.06. The molecule has 0 saturated heterocycles.